The zero-order valence-corrected chi connectivity index (χ0v) is 21.9. The number of unbranched alkanes of at least 4 members (excludes halogenated alkanes) is 1. The Bertz CT molecular complexity index is 283. The maximum atomic E-state index is 11.6. The molecule has 0 aromatic heterocycles. The van der Waals surface area contributed by atoms with E-state index in [1.54, 1.807) is 0 Å². The van der Waals surface area contributed by atoms with Gasteiger partial charge in [-0.3, -0.25) is 9.59 Å². The normalized spacial score (nSPS) is 9.48. The minimum absolute atomic E-state index is 0.0371. The van der Waals surface area contributed by atoms with Gasteiger partial charge in [0.1, 0.15) is 0 Å². The summed E-state index contributed by atoms with van der Waals surface area (Å²) in [6, 6.07) is 0. The lowest BCUT2D eigenvalue weighted by Gasteiger charge is -2.14. The van der Waals surface area contributed by atoms with Crippen LogP contribution in [0.1, 0.15) is 115 Å². The van der Waals surface area contributed by atoms with Gasteiger partial charge in [-0.25, -0.2) is 0 Å². The summed E-state index contributed by atoms with van der Waals surface area (Å²) in [7, 11) is 0. The Hall–Kier alpha value is -1.10. The topological polar surface area (TPSA) is 67.4 Å². The van der Waals surface area contributed by atoms with Gasteiger partial charge in [-0.15, -0.1) is 0 Å². The summed E-state index contributed by atoms with van der Waals surface area (Å²) in [5.41, 5.74) is 0. The zero-order chi connectivity index (χ0) is 23.9. The first-order chi connectivity index (χ1) is 14.0. The molecule has 5 heteroatoms. The average Bonchev–Trinajstić information content (AvgIpc) is 2.74. The Morgan fingerprint density at radius 1 is 0.793 bits per heavy atom. The predicted octanol–water partition coefficient (Wildman–Crippen LogP) is 6.36. The maximum absolute atomic E-state index is 11.6. The monoisotopic (exact) mass is 420 g/mol. The first-order valence-electron chi connectivity index (χ1n) is 12.1. The summed E-state index contributed by atoms with van der Waals surface area (Å²) in [6.45, 7) is 24.4. The highest BCUT2D eigenvalue weighted by molar-refractivity contribution is 5.78. The third-order valence-electron chi connectivity index (χ3n) is 3.08. The van der Waals surface area contributed by atoms with E-state index in [9.17, 15) is 9.59 Å². The number of carbonyl (C=O) groups is 2. The van der Waals surface area contributed by atoms with Crippen LogP contribution >= 0.6 is 0 Å². The van der Waals surface area contributed by atoms with E-state index in [1.165, 1.54) is 19.3 Å². The van der Waals surface area contributed by atoms with Crippen LogP contribution in [0.15, 0.2) is 0 Å². The molecular weight excluding hydrogens is 364 g/mol. The van der Waals surface area contributed by atoms with Gasteiger partial charge in [-0.2, -0.15) is 0 Å². The summed E-state index contributed by atoms with van der Waals surface area (Å²) in [5.74, 6) is -0.0109. The van der Waals surface area contributed by atoms with Gasteiger partial charge in [-0.1, -0.05) is 88.5 Å². The van der Waals surface area contributed by atoms with Crippen molar-refractivity contribution in [3.8, 4) is 0 Å². The number of amides is 2. The van der Waals surface area contributed by atoms with E-state index in [0.717, 1.165) is 12.8 Å². The summed E-state index contributed by atoms with van der Waals surface area (Å²) < 4.78 is 5.41. The maximum Gasteiger partial charge on any atom is 0.225 e. The van der Waals surface area contributed by atoms with Gasteiger partial charge >= 0.3 is 0 Å². The third kappa shape index (κ3) is 42.1. The van der Waals surface area contributed by atoms with Crippen molar-refractivity contribution in [1.82, 2.24) is 10.6 Å². The first kappa shape index (κ1) is 38.5. The van der Waals surface area contributed by atoms with Crippen LogP contribution in [0.5, 0.6) is 0 Å². The summed E-state index contributed by atoms with van der Waals surface area (Å²) >= 11 is 0. The van der Waals surface area contributed by atoms with Crippen molar-refractivity contribution in [2.24, 2.45) is 5.92 Å². The fourth-order valence-electron chi connectivity index (χ4n) is 1.50. The quantitative estimate of drug-likeness (QED) is 0.382. The molecule has 0 spiro atoms. The lowest BCUT2D eigenvalue weighted by molar-refractivity contribution is -0.127. The number of rotatable bonds is 11. The summed E-state index contributed by atoms with van der Waals surface area (Å²) in [5, 5.41) is 5.55. The van der Waals surface area contributed by atoms with Crippen molar-refractivity contribution in [3.05, 3.63) is 0 Å². The molecule has 5 nitrogen and oxygen atoms in total. The van der Waals surface area contributed by atoms with Crippen LogP contribution in [0.2, 0.25) is 0 Å². The average molecular weight is 421 g/mol. The molecule has 0 fully saturated rings. The molecule has 0 aliphatic rings. The Morgan fingerprint density at radius 3 is 1.62 bits per heavy atom. The first-order valence-corrected chi connectivity index (χ1v) is 12.1. The van der Waals surface area contributed by atoms with Gasteiger partial charge in [-0.05, 0) is 19.8 Å². The minimum Gasteiger partial charge on any atom is -0.379 e. The van der Waals surface area contributed by atoms with E-state index >= 15 is 0 Å². The van der Waals surface area contributed by atoms with E-state index in [1.807, 2.05) is 48.5 Å². The van der Waals surface area contributed by atoms with E-state index in [-0.39, 0.29) is 17.7 Å². The number of hydrogen-bond donors (Lipinski definition) is 2. The van der Waals surface area contributed by atoms with E-state index in [4.69, 9.17) is 4.74 Å². The van der Waals surface area contributed by atoms with Crippen LogP contribution in [0.4, 0.5) is 0 Å². The summed E-state index contributed by atoms with van der Waals surface area (Å²) in [4.78, 5) is 22.7. The number of carbonyl (C=O) groups excluding carboxylic acids is 2. The minimum atomic E-state index is -0.101. The molecule has 1 unspecified atom stereocenters. The van der Waals surface area contributed by atoms with Crippen molar-refractivity contribution in [1.29, 1.82) is 0 Å². The van der Waals surface area contributed by atoms with Crippen LogP contribution < -0.4 is 10.6 Å². The zero-order valence-electron chi connectivity index (χ0n) is 21.9. The van der Waals surface area contributed by atoms with Crippen LogP contribution in [0.25, 0.3) is 0 Å². The van der Waals surface area contributed by atoms with Gasteiger partial charge < -0.3 is 15.4 Å². The predicted molar refractivity (Wildman–Crippen MR) is 130 cm³/mol. The number of ether oxygens (including phenoxy) is 1. The highest BCUT2D eigenvalue weighted by atomic mass is 16.5. The molecule has 2 amide bonds. The molecule has 0 aliphatic carbocycles. The SMILES string of the molecule is CC.CC.CCC.CCCC.CCCC(=O)NCCOCC(CC)C(=O)NCC. The summed E-state index contributed by atoms with van der Waals surface area (Å²) in [6.07, 6.45) is 6.05. The highest BCUT2D eigenvalue weighted by Gasteiger charge is 2.15. The molecule has 0 bridgehead atoms. The molecule has 0 heterocycles. The molecule has 0 radical (unpaired) electrons. The van der Waals surface area contributed by atoms with Crippen LogP contribution in [-0.2, 0) is 14.3 Å². The molecule has 1 atom stereocenters. The van der Waals surface area contributed by atoms with Crippen LogP contribution in [0.3, 0.4) is 0 Å². The highest BCUT2D eigenvalue weighted by Crippen LogP contribution is 2.03. The van der Waals surface area contributed by atoms with Crippen LogP contribution in [0, 0.1) is 5.92 Å². The molecule has 0 aliphatic heterocycles. The second kappa shape index (κ2) is 41.3. The van der Waals surface area contributed by atoms with Crippen molar-refractivity contribution in [2.75, 3.05) is 26.3 Å². The van der Waals surface area contributed by atoms with E-state index < -0.39 is 0 Å². The van der Waals surface area contributed by atoms with Gasteiger partial charge in [0.2, 0.25) is 11.8 Å². The number of nitrogens with one attached hydrogen (secondary N) is 2. The third-order valence-corrected chi connectivity index (χ3v) is 3.08. The van der Waals surface area contributed by atoms with Crippen LogP contribution in [-0.4, -0.2) is 38.1 Å². The molecule has 180 valence electrons. The van der Waals surface area contributed by atoms with E-state index in [0.29, 0.717) is 32.7 Å². The molecule has 0 rings (SSSR count). The Kier molecular flexibility index (Phi) is 54.8. The molecule has 0 aromatic carbocycles. The lowest BCUT2D eigenvalue weighted by atomic mass is 10.1. The fraction of sp³-hybridized carbons (Fsp3) is 0.917. The smallest absolute Gasteiger partial charge is 0.225 e. The molecule has 0 saturated heterocycles. The molecular formula is C24H56N2O3. The Balaban J connectivity index is -0.000000145. The van der Waals surface area contributed by atoms with Crippen molar-refractivity contribution in [2.45, 2.75) is 115 Å². The molecule has 0 saturated carbocycles. The second-order valence-corrected chi connectivity index (χ2v) is 5.88. The van der Waals surface area contributed by atoms with Crippen molar-refractivity contribution >= 4 is 11.8 Å². The Morgan fingerprint density at radius 2 is 1.28 bits per heavy atom. The van der Waals surface area contributed by atoms with Gasteiger partial charge in [0, 0.05) is 19.5 Å². The Labute approximate surface area is 184 Å². The van der Waals surface area contributed by atoms with Crippen molar-refractivity contribution < 1.29 is 14.3 Å². The number of hydrogen-bond acceptors (Lipinski definition) is 3. The van der Waals surface area contributed by atoms with E-state index in [2.05, 4.69) is 38.3 Å². The lowest BCUT2D eigenvalue weighted by Crippen LogP contribution is -2.33. The molecule has 29 heavy (non-hydrogen) atoms. The second-order valence-electron chi connectivity index (χ2n) is 5.88. The van der Waals surface area contributed by atoms with Gasteiger partial charge in [0.05, 0.1) is 19.1 Å². The van der Waals surface area contributed by atoms with Gasteiger partial charge in [0.15, 0.2) is 0 Å². The standard InChI is InChI=1S/C13H26N2O3.C4H10.C3H8.2C2H6/c1-4-7-12(16)15-8-9-18-10-11(5-2)13(17)14-6-3;1-3-4-2;1-3-2;2*1-2/h11H,4-10H2,1-3H3,(H,14,17)(H,15,16);3-4H2,1-2H3;3H2,1-2H3;2*1-2H3. The molecule has 0 aromatic rings. The molecule has 2 N–H and O–H groups in total. The van der Waals surface area contributed by atoms with Gasteiger partial charge in [0.25, 0.3) is 0 Å². The fourth-order valence-corrected chi connectivity index (χ4v) is 1.50. The van der Waals surface area contributed by atoms with Crippen molar-refractivity contribution in [3.63, 3.8) is 0 Å². The largest absolute Gasteiger partial charge is 0.379 e.